The average Bonchev–Trinajstić information content (AvgIpc) is 3.12. The van der Waals surface area contributed by atoms with Crippen molar-refractivity contribution in [1.29, 1.82) is 0 Å². The zero-order chi connectivity index (χ0) is 21.1. The summed E-state index contributed by atoms with van der Waals surface area (Å²) in [5.41, 5.74) is 5.01. The van der Waals surface area contributed by atoms with Gasteiger partial charge in [-0.3, -0.25) is 4.79 Å². The van der Waals surface area contributed by atoms with Crippen molar-refractivity contribution in [2.75, 3.05) is 7.11 Å². The highest BCUT2D eigenvalue weighted by Gasteiger charge is 2.23. The van der Waals surface area contributed by atoms with Crippen LogP contribution >= 0.6 is 11.8 Å². The monoisotopic (exact) mass is 409 g/mol. The molecule has 152 valence electrons. The molecule has 6 heteroatoms. The summed E-state index contributed by atoms with van der Waals surface area (Å²) in [7, 11) is 1.65. The maximum Gasteiger partial charge on any atom is 0.192 e. The quantitative estimate of drug-likeness (QED) is 0.393. The van der Waals surface area contributed by atoms with Gasteiger partial charge in [0.2, 0.25) is 0 Å². The van der Waals surface area contributed by atoms with Crippen LogP contribution in [0.4, 0.5) is 0 Å². The largest absolute Gasteiger partial charge is 0.496 e. The Morgan fingerprint density at radius 2 is 1.79 bits per heavy atom. The van der Waals surface area contributed by atoms with E-state index >= 15 is 0 Å². The normalized spacial score (nSPS) is 12.1. The molecule has 0 bridgehead atoms. The molecule has 0 spiro atoms. The first-order chi connectivity index (χ1) is 13.9. The molecule has 3 aromatic rings. The van der Waals surface area contributed by atoms with Crippen molar-refractivity contribution in [3.05, 3.63) is 58.7 Å². The van der Waals surface area contributed by atoms with Gasteiger partial charge in [-0.25, -0.2) is 0 Å². The zero-order valence-electron chi connectivity index (χ0n) is 17.8. The minimum Gasteiger partial charge on any atom is -0.496 e. The lowest BCUT2D eigenvalue weighted by Gasteiger charge is -2.15. The van der Waals surface area contributed by atoms with Crippen molar-refractivity contribution in [1.82, 2.24) is 14.8 Å². The molecule has 0 radical (unpaired) electrons. The van der Waals surface area contributed by atoms with E-state index in [-0.39, 0.29) is 11.0 Å². The maximum atomic E-state index is 13.1. The summed E-state index contributed by atoms with van der Waals surface area (Å²) in [6.45, 7) is 10.8. The van der Waals surface area contributed by atoms with E-state index in [0.29, 0.717) is 6.54 Å². The van der Waals surface area contributed by atoms with Crippen LogP contribution in [0.25, 0.3) is 11.4 Å². The number of carbonyl (C=O) groups is 1. The molecule has 1 atom stereocenters. The molecule has 1 aromatic heterocycles. The average molecular weight is 410 g/mol. The van der Waals surface area contributed by atoms with E-state index in [0.717, 1.165) is 39.0 Å². The van der Waals surface area contributed by atoms with Crippen LogP contribution in [-0.2, 0) is 6.54 Å². The Hall–Kier alpha value is -2.60. The van der Waals surface area contributed by atoms with Gasteiger partial charge in [-0.15, -0.1) is 10.2 Å². The van der Waals surface area contributed by atoms with E-state index in [2.05, 4.69) is 23.2 Å². The summed E-state index contributed by atoms with van der Waals surface area (Å²) in [5, 5.41) is 9.24. The second kappa shape index (κ2) is 8.82. The topological polar surface area (TPSA) is 57.0 Å². The molecule has 29 heavy (non-hydrogen) atoms. The second-order valence-electron chi connectivity index (χ2n) is 7.13. The second-order valence-corrected chi connectivity index (χ2v) is 8.43. The number of ketones is 1. The molecule has 0 saturated carbocycles. The fraction of sp³-hybridized carbons (Fsp3) is 0.348. The summed E-state index contributed by atoms with van der Waals surface area (Å²) in [6.07, 6.45) is 0. The van der Waals surface area contributed by atoms with Gasteiger partial charge in [-0.2, -0.15) is 0 Å². The van der Waals surface area contributed by atoms with Crippen LogP contribution in [0.15, 0.2) is 41.6 Å². The van der Waals surface area contributed by atoms with Crippen LogP contribution in [0.1, 0.15) is 40.9 Å². The van der Waals surface area contributed by atoms with E-state index in [9.17, 15) is 4.79 Å². The number of hydrogen-bond acceptors (Lipinski definition) is 5. The van der Waals surface area contributed by atoms with Gasteiger partial charge in [-0.05, 0) is 69.5 Å². The number of aromatic nitrogens is 3. The predicted molar refractivity (Wildman–Crippen MR) is 118 cm³/mol. The van der Waals surface area contributed by atoms with Crippen LogP contribution < -0.4 is 4.74 Å². The summed E-state index contributed by atoms with van der Waals surface area (Å²) >= 11 is 1.44. The van der Waals surface area contributed by atoms with Crippen molar-refractivity contribution < 1.29 is 9.53 Å². The number of hydrogen-bond donors (Lipinski definition) is 0. The Balaban J connectivity index is 1.90. The lowest BCUT2D eigenvalue weighted by molar-refractivity contribution is 0.0993. The summed E-state index contributed by atoms with van der Waals surface area (Å²) in [5.74, 6) is 1.61. The molecule has 0 aliphatic heterocycles. The third kappa shape index (κ3) is 4.22. The third-order valence-corrected chi connectivity index (χ3v) is 6.22. The van der Waals surface area contributed by atoms with Crippen molar-refractivity contribution >= 4 is 17.5 Å². The van der Waals surface area contributed by atoms with Crippen molar-refractivity contribution in [2.45, 2.75) is 51.6 Å². The maximum absolute atomic E-state index is 13.1. The van der Waals surface area contributed by atoms with Crippen LogP contribution in [0.3, 0.4) is 0 Å². The van der Waals surface area contributed by atoms with E-state index in [1.807, 2.05) is 62.6 Å². The van der Waals surface area contributed by atoms with E-state index in [1.54, 1.807) is 7.11 Å². The van der Waals surface area contributed by atoms with Crippen molar-refractivity contribution in [2.24, 2.45) is 0 Å². The van der Waals surface area contributed by atoms with Gasteiger partial charge in [0.15, 0.2) is 16.8 Å². The molecule has 0 saturated heterocycles. The Labute approximate surface area is 176 Å². The van der Waals surface area contributed by atoms with Gasteiger partial charge in [-0.1, -0.05) is 30.0 Å². The molecule has 0 amide bonds. The number of nitrogens with zero attached hydrogens (tertiary/aromatic N) is 3. The number of para-hydroxylation sites is 1. The molecule has 0 unspecified atom stereocenters. The molecule has 0 aliphatic rings. The van der Waals surface area contributed by atoms with Crippen LogP contribution in [0, 0.1) is 20.8 Å². The van der Waals surface area contributed by atoms with Crippen LogP contribution in [0.2, 0.25) is 0 Å². The van der Waals surface area contributed by atoms with E-state index in [4.69, 9.17) is 4.74 Å². The minimum absolute atomic E-state index is 0.111. The fourth-order valence-corrected chi connectivity index (χ4v) is 4.33. The molecular weight excluding hydrogens is 382 g/mol. The number of carbonyl (C=O) groups excluding carboxylic acids is 1. The highest BCUT2D eigenvalue weighted by Crippen LogP contribution is 2.33. The van der Waals surface area contributed by atoms with Gasteiger partial charge in [0.1, 0.15) is 5.75 Å². The van der Waals surface area contributed by atoms with Crippen molar-refractivity contribution in [3.8, 4) is 17.1 Å². The minimum atomic E-state index is -0.268. The Kier molecular flexibility index (Phi) is 6.42. The lowest BCUT2D eigenvalue weighted by atomic mass is 9.97. The van der Waals surface area contributed by atoms with Gasteiger partial charge in [0.25, 0.3) is 0 Å². The SMILES string of the molecule is CCn1c(S[C@@H](C)C(=O)c2cc(C)c(C)cc2C)nnc1-c1ccccc1OC. The molecule has 5 nitrogen and oxygen atoms in total. The smallest absolute Gasteiger partial charge is 0.192 e. The number of rotatable bonds is 7. The molecule has 0 fully saturated rings. The number of Topliss-reactive ketones (excluding diaryl/α,β-unsaturated/α-hetero) is 1. The first kappa shape index (κ1) is 21.1. The zero-order valence-corrected chi connectivity index (χ0v) is 18.6. The van der Waals surface area contributed by atoms with Crippen LogP contribution in [-0.4, -0.2) is 32.9 Å². The van der Waals surface area contributed by atoms with Gasteiger partial charge >= 0.3 is 0 Å². The van der Waals surface area contributed by atoms with Gasteiger partial charge < -0.3 is 9.30 Å². The van der Waals surface area contributed by atoms with Gasteiger partial charge in [0.05, 0.1) is 17.9 Å². The van der Waals surface area contributed by atoms with Gasteiger partial charge in [0, 0.05) is 12.1 Å². The number of methoxy groups -OCH3 is 1. The number of benzene rings is 2. The summed E-state index contributed by atoms with van der Waals surface area (Å²) in [6, 6.07) is 11.8. The molecule has 3 rings (SSSR count). The first-order valence-electron chi connectivity index (χ1n) is 9.72. The summed E-state index contributed by atoms with van der Waals surface area (Å²) < 4.78 is 7.50. The molecule has 1 heterocycles. The highest BCUT2D eigenvalue weighted by molar-refractivity contribution is 8.00. The molecule has 0 N–H and O–H groups in total. The summed E-state index contributed by atoms with van der Waals surface area (Å²) in [4.78, 5) is 13.1. The highest BCUT2D eigenvalue weighted by atomic mass is 32.2. The predicted octanol–water partition coefficient (Wildman–Crippen LogP) is 5.26. The number of aryl methyl sites for hydroxylation is 3. The number of thioether (sulfide) groups is 1. The standard InChI is InChI=1S/C23H27N3O2S/c1-7-26-22(18-10-8-9-11-20(18)28-6)24-25-23(26)29-17(5)21(27)19-13-15(3)14(2)12-16(19)4/h8-13,17H,7H2,1-6H3/t17-/m0/s1. The fourth-order valence-electron chi connectivity index (χ4n) is 3.35. The van der Waals surface area contributed by atoms with Crippen molar-refractivity contribution in [3.63, 3.8) is 0 Å². The molecular formula is C23H27N3O2S. The molecule has 2 aromatic carbocycles. The Morgan fingerprint density at radius 1 is 1.10 bits per heavy atom. The van der Waals surface area contributed by atoms with E-state index < -0.39 is 0 Å². The van der Waals surface area contributed by atoms with Crippen LogP contribution in [0.5, 0.6) is 5.75 Å². The molecule has 0 aliphatic carbocycles. The Morgan fingerprint density at radius 3 is 2.48 bits per heavy atom. The first-order valence-corrected chi connectivity index (χ1v) is 10.6. The Bertz CT molecular complexity index is 1040. The third-order valence-electron chi connectivity index (χ3n) is 5.14. The lowest BCUT2D eigenvalue weighted by Crippen LogP contribution is -2.16. The van der Waals surface area contributed by atoms with E-state index in [1.165, 1.54) is 17.3 Å². The number of ether oxygens (including phenoxy) is 1.